The number of carbonyl (C=O) groups is 1. The number of carbonyl (C=O) groups excluding carboxylic acids is 1. The van der Waals surface area contributed by atoms with Crippen LogP contribution in [0.4, 0.5) is 4.39 Å². The van der Waals surface area contributed by atoms with Gasteiger partial charge in [0.25, 0.3) is 5.91 Å². The van der Waals surface area contributed by atoms with E-state index in [1.165, 1.54) is 44.5 Å². The van der Waals surface area contributed by atoms with Gasteiger partial charge in [0, 0.05) is 24.5 Å². The summed E-state index contributed by atoms with van der Waals surface area (Å²) in [6.07, 6.45) is 5.61. The second-order valence-electron chi connectivity index (χ2n) is 7.00. The maximum absolute atomic E-state index is 13.6. The van der Waals surface area contributed by atoms with Crippen molar-refractivity contribution in [1.29, 1.82) is 0 Å². The van der Waals surface area contributed by atoms with Gasteiger partial charge in [-0.05, 0) is 69.1 Å². The van der Waals surface area contributed by atoms with Crippen molar-refractivity contribution in [3.8, 4) is 0 Å². The van der Waals surface area contributed by atoms with E-state index in [1.54, 1.807) is 11.0 Å². The predicted molar refractivity (Wildman–Crippen MR) is 99.5 cm³/mol. The molecule has 0 atom stereocenters. The van der Waals surface area contributed by atoms with Crippen molar-refractivity contribution >= 4 is 16.8 Å². The second kappa shape index (κ2) is 8.00. The van der Waals surface area contributed by atoms with Crippen LogP contribution in [0.3, 0.4) is 0 Å². The van der Waals surface area contributed by atoms with E-state index in [1.807, 2.05) is 14.0 Å². The first-order valence-electron chi connectivity index (χ1n) is 9.38. The van der Waals surface area contributed by atoms with Crippen molar-refractivity contribution in [2.75, 3.05) is 33.2 Å². The zero-order valence-electron chi connectivity index (χ0n) is 15.3. The van der Waals surface area contributed by atoms with Gasteiger partial charge in [-0.3, -0.25) is 4.79 Å². The maximum atomic E-state index is 13.6. The normalized spacial score (nSPS) is 15.6. The van der Waals surface area contributed by atoms with E-state index in [2.05, 4.69) is 9.88 Å². The molecular weight excluding hydrogens is 317 g/mol. The number of hydrogen-bond acceptors (Lipinski definition) is 2. The van der Waals surface area contributed by atoms with Crippen molar-refractivity contribution in [3.05, 3.63) is 35.3 Å². The number of nitrogens with one attached hydrogen (secondary N) is 1. The number of hydrogen-bond donors (Lipinski definition) is 1. The van der Waals surface area contributed by atoms with Gasteiger partial charge in [0.15, 0.2) is 0 Å². The molecule has 1 aliphatic rings. The Morgan fingerprint density at radius 1 is 1.28 bits per heavy atom. The Labute approximate surface area is 149 Å². The van der Waals surface area contributed by atoms with E-state index in [4.69, 9.17) is 0 Å². The quantitative estimate of drug-likeness (QED) is 0.864. The summed E-state index contributed by atoms with van der Waals surface area (Å²) in [5.74, 6) is -0.276. The average molecular weight is 345 g/mol. The molecule has 1 N–H and O–H groups in total. The summed E-state index contributed by atoms with van der Waals surface area (Å²) in [5, 5.41) is 0.813. The van der Waals surface area contributed by atoms with Gasteiger partial charge in [-0.2, -0.15) is 0 Å². The molecule has 1 saturated heterocycles. The summed E-state index contributed by atoms with van der Waals surface area (Å²) in [5.41, 5.74) is 2.33. The van der Waals surface area contributed by atoms with Gasteiger partial charge >= 0.3 is 0 Å². The monoisotopic (exact) mass is 345 g/mol. The third-order valence-electron chi connectivity index (χ3n) is 5.20. The van der Waals surface area contributed by atoms with E-state index in [0.717, 1.165) is 36.0 Å². The Morgan fingerprint density at radius 3 is 2.76 bits per heavy atom. The van der Waals surface area contributed by atoms with Crippen LogP contribution < -0.4 is 0 Å². The molecule has 1 amide bonds. The summed E-state index contributed by atoms with van der Waals surface area (Å²) in [4.78, 5) is 20.3. The fourth-order valence-corrected chi connectivity index (χ4v) is 3.78. The lowest BCUT2D eigenvalue weighted by Gasteiger charge is -2.27. The molecule has 25 heavy (non-hydrogen) atoms. The lowest BCUT2D eigenvalue weighted by molar-refractivity contribution is 0.0781. The van der Waals surface area contributed by atoms with E-state index >= 15 is 0 Å². The molecule has 0 spiro atoms. The van der Waals surface area contributed by atoms with E-state index < -0.39 is 0 Å². The molecule has 3 rings (SSSR count). The summed E-state index contributed by atoms with van der Waals surface area (Å²) < 4.78 is 13.6. The van der Waals surface area contributed by atoms with Crippen LogP contribution in [0.1, 0.15) is 48.7 Å². The number of rotatable bonds is 6. The third kappa shape index (κ3) is 4.03. The fourth-order valence-electron chi connectivity index (χ4n) is 3.78. The second-order valence-corrected chi connectivity index (χ2v) is 7.00. The number of likely N-dealkylation sites (tertiary alicyclic amines) is 1. The molecule has 1 fully saturated rings. The first-order chi connectivity index (χ1) is 12.1. The molecular formula is C20H28FN3O. The number of amides is 1. The molecule has 0 saturated carbocycles. The van der Waals surface area contributed by atoms with Crippen molar-refractivity contribution < 1.29 is 9.18 Å². The molecule has 1 aliphatic heterocycles. The first kappa shape index (κ1) is 17.9. The Hall–Kier alpha value is -1.88. The number of halogens is 1. The van der Waals surface area contributed by atoms with Gasteiger partial charge in [0.1, 0.15) is 11.5 Å². The largest absolute Gasteiger partial charge is 0.350 e. The van der Waals surface area contributed by atoms with E-state index in [0.29, 0.717) is 12.1 Å². The third-order valence-corrected chi connectivity index (χ3v) is 5.20. The summed E-state index contributed by atoms with van der Waals surface area (Å²) in [7, 11) is 1.85. The molecule has 0 bridgehead atoms. The Morgan fingerprint density at radius 2 is 2.04 bits per heavy atom. The Bertz CT molecular complexity index is 734. The molecule has 5 heteroatoms. The molecule has 2 aromatic rings. The number of benzene rings is 1. The fraction of sp³-hybridized carbons (Fsp3) is 0.550. The summed E-state index contributed by atoms with van der Waals surface area (Å²) >= 11 is 0. The standard InChI is InChI=1S/C20H28FN3O/c1-3-16-17-14-15(21)8-9-18(17)22-19(16)20(25)23(2)10-7-13-24-11-5-4-6-12-24/h8-9,14,22H,3-7,10-13H2,1-2H3. The van der Waals surface area contributed by atoms with Gasteiger partial charge in [-0.1, -0.05) is 13.3 Å². The minimum absolute atomic E-state index is 0.00731. The SMILES string of the molecule is CCc1c(C(=O)N(C)CCCN2CCCCC2)[nH]c2ccc(F)cc12. The highest BCUT2D eigenvalue weighted by Gasteiger charge is 2.20. The molecule has 1 aromatic carbocycles. The highest BCUT2D eigenvalue weighted by atomic mass is 19.1. The molecule has 136 valence electrons. The number of aryl methyl sites for hydroxylation is 1. The van der Waals surface area contributed by atoms with Crippen LogP contribution in [0.2, 0.25) is 0 Å². The maximum Gasteiger partial charge on any atom is 0.270 e. The van der Waals surface area contributed by atoms with Gasteiger partial charge in [0.2, 0.25) is 0 Å². The molecule has 2 heterocycles. The highest BCUT2D eigenvalue weighted by Crippen LogP contribution is 2.25. The first-order valence-corrected chi connectivity index (χ1v) is 9.38. The van der Waals surface area contributed by atoms with Gasteiger partial charge < -0.3 is 14.8 Å². The lowest BCUT2D eigenvalue weighted by atomic mass is 10.1. The van der Waals surface area contributed by atoms with Crippen LogP contribution in [0.15, 0.2) is 18.2 Å². The zero-order chi connectivity index (χ0) is 17.8. The molecule has 0 unspecified atom stereocenters. The smallest absolute Gasteiger partial charge is 0.270 e. The topological polar surface area (TPSA) is 39.3 Å². The van der Waals surface area contributed by atoms with Crippen molar-refractivity contribution in [3.63, 3.8) is 0 Å². The van der Waals surface area contributed by atoms with Crippen LogP contribution in [0.5, 0.6) is 0 Å². The van der Waals surface area contributed by atoms with Crippen molar-refractivity contribution in [2.24, 2.45) is 0 Å². The van der Waals surface area contributed by atoms with Gasteiger partial charge in [-0.25, -0.2) is 4.39 Å². The minimum Gasteiger partial charge on any atom is -0.350 e. The van der Waals surface area contributed by atoms with Crippen LogP contribution in [-0.2, 0) is 6.42 Å². The van der Waals surface area contributed by atoms with E-state index in [-0.39, 0.29) is 11.7 Å². The van der Waals surface area contributed by atoms with Crippen LogP contribution in [0.25, 0.3) is 10.9 Å². The lowest BCUT2D eigenvalue weighted by Crippen LogP contribution is -2.34. The zero-order valence-corrected chi connectivity index (χ0v) is 15.3. The van der Waals surface area contributed by atoms with E-state index in [9.17, 15) is 9.18 Å². The van der Waals surface area contributed by atoms with Crippen LogP contribution >= 0.6 is 0 Å². The molecule has 4 nitrogen and oxygen atoms in total. The number of aromatic nitrogens is 1. The molecule has 0 radical (unpaired) electrons. The van der Waals surface area contributed by atoms with Gasteiger partial charge in [-0.15, -0.1) is 0 Å². The number of H-pyrrole nitrogens is 1. The number of piperidine rings is 1. The van der Waals surface area contributed by atoms with Gasteiger partial charge in [0.05, 0.1) is 0 Å². The van der Waals surface area contributed by atoms with Crippen molar-refractivity contribution in [2.45, 2.75) is 39.0 Å². The number of nitrogens with zero attached hydrogens (tertiary/aromatic N) is 2. The predicted octanol–water partition coefficient (Wildman–Crippen LogP) is 3.82. The molecule has 0 aliphatic carbocycles. The van der Waals surface area contributed by atoms with Crippen molar-refractivity contribution in [1.82, 2.24) is 14.8 Å². The summed E-state index contributed by atoms with van der Waals surface area (Å²) in [6, 6.07) is 4.64. The number of fused-ring (bicyclic) bond motifs is 1. The molecule has 1 aromatic heterocycles. The highest BCUT2D eigenvalue weighted by molar-refractivity contribution is 6.01. The number of aromatic amines is 1. The summed E-state index contributed by atoms with van der Waals surface area (Å²) in [6.45, 7) is 6.16. The van der Waals surface area contributed by atoms with Crippen LogP contribution in [0, 0.1) is 5.82 Å². The Kier molecular flexibility index (Phi) is 5.74. The average Bonchev–Trinajstić information content (AvgIpc) is 2.99. The van der Waals surface area contributed by atoms with Crippen LogP contribution in [-0.4, -0.2) is 53.9 Å². The minimum atomic E-state index is -0.268. The Balaban J connectivity index is 1.66.